The minimum absolute atomic E-state index is 0.130. The van der Waals surface area contributed by atoms with Gasteiger partial charge < -0.3 is 9.84 Å². The molecule has 0 radical (unpaired) electrons. The smallest absolute Gasteiger partial charge is 0.251 e. The Hall–Kier alpha value is -2.47. The van der Waals surface area contributed by atoms with Gasteiger partial charge in [-0.25, -0.2) is 0 Å². The van der Waals surface area contributed by atoms with Crippen LogP contribution >= 0.6 is 15.9 Å². The van der Waals surface area contributed by atoms with E-state index in [2.05, 4.69) is 31.4 Å². The highest BCUT2D eigenvalue weighted by Gasteiger charge is 2.10. The van der Waals surface area contributed by atoms with E-state index >= 15 is 0 Å². The molecule has 3 rings (SSSR count). The Kier molecular flexibility index (Phi) is 5.05. The van der Waals surface area contributed by atoms with E-state index in [0.717, 1.165) is 10.0 Å². The second-order valence-electron chi connectivity index (χ2n) is 5.39. The van der Waals surface area contributed by atoms with E-state index in [4.69, 9.17) is 4.52 Å². The summed E-state index contributed by atoms with van der Waals surface area (Å²) in [6.07, 6.45) is 0.485. The van der Waals surface area contributed by atoms with Crippen molar-refractivity contribution in [3.8, 4) is 11.4 Å². The van der Waals surface area contributed by atoms with Crippen molar-refractivity contribution in [2.24, 2.45) is 0 Å². The predicted molar refractivity (Wildman–Crippen MR) is 94.7 cm³/mol. The maximum atomic E-state index is 12.0. The number of aromatic nitrogens is 2. The predicted octanol–water partition coefficient (Wildman–Crippen LogP) is 3.78. The van der Waals surface area contributed by atoms with Gasteiger partial charge in [0.25, 0.3) is 5.91 Å². The Morgan fingerprint density at radius 2 is 2.00 bits per heavy atom. The van der Waals surface area contributed by atoms with Crippen molar-refractivity contribution in [1.82, 2.24) is 15.5 Å². The third-order valence-corrected chi connectivity index (χ3v) is 3.98. The number of hydrogen-bond acceptors (Lipinski definition) is 4. The summed E-state index contributed by atoms with van der Waals surface area (Å²) in [4.78, 5) is 16.4. The normalized spacial score (nSPS) is 10.6. The fourth-order valence-corrected chi connectivity index (χ4v) is 2.59. The van der Waals surface area contributed by atoms with E-state index < -0.39 is 0 Å². The van der Waals surface area contributed by atoms with Gasteiger partial charge in [-0.2, -0.15) is 4.98 Å². The van der Waals surface area contributed by atoms with E-state index in [0.29, 0.717) is 30.2 Å². The average Bonchev–Trinajstić information content (AvgIpc) is 3.04. The van der Waals surface area contributed by atoms with Crippen molar-refractivity contribution in [3.63, 3.8) is 0 Å². The first-order valence-electron chi connectivity index (χ1n) is 7.55. The highest BCUT2D eigenvalue weighted by Crippen LogP contribution is 2.16. The van der Waals surface area contributed by atoms with Crippen LogP contribution in [0, 0.1) is 6.92 Å². The molecule has 6 heteroatoms. The van der Waals surface area contributed by atoms with Crippen LogP contribution in [0.4, 0.5) is 0 Å². The number of nitrogens with one attached hydrogen (secondary N) is 1. The number of amides is 1. The van der Waals surface area contributed by atoms with Crippen LogP contribution in [0.5, 0.6) is 0 Å². The Bertz CT molecular complexity index is 843. The molecule has 1 heterocycles. The summed E-state index contributed by atoms with van der Waals surface area (Å²) < 4.78 is 6.11. The summed E-state index contributed by atoms with van der Waals surface area (Å²) in [7, 11) is 0. The largest absolute Gasteiger partial charge is 0.352 e. The van der Waals surface area contributed by atoms with Gasteiger partial charge in [-0.15, -0.1) is 0 Å². The Morgan fingerprint density at radius 3 is 2.75 bits per heavy atom. The van der Waals surface area contributed by atoms with Crippen molar-refractivity contribution >= 4 is 21.8 Å². The molecule has 0 aliphatic rings. The number of rotatable bonds is 5. The summed E-state index contributed by atoms with van der Waals surface area (Å²) in [6.45, 7) is 2.46. The monoisotopic (exact) mass is 385 g/mol. The number of aryl methyl sites for hydroxylation is 1. The molecule has 0 unspecified atom stereocenters. The number of carbonyl (C=O) groups is 1. The lowest BCUT2D eigenvalue weighted by Gasteiger charge is -2.03. The number of nitrogens with zero attached hydrogens (tertiary/aromatic N) is 2. The van der Waals surface area contributed by atoms with Crippen LogP contribution in [0.15, 0.2) is 57.5 Å². The summed E-state index contributed by atoms with van der Waals surface area (Å²) >= 11 is 3.35. The van der Waals surface area contributed by atoms with Gasteiger partial charge in [-0.05, 0) is 25.1 Å². The molecule has 24 heavy (non-hydrogen) atoms. The van der Waals surface area contributed by atoms with Crippen molar-refractivity contribution in [2.75, 3.05) is 6.54 Å². The molecular weight excluding hydrogens is 370 g/mol. The molecular formula is C18H16BrN3O2. The molecule has 2 aromatic carbocycles. The van der Waals surface area contributed by atoms with Crippen molar-refractivity contribution in [2.45, 2.75) is 13.3 Å². The first-order valence-corrected chi connectivity index (χ1v) is 8.34. The van der Waals surface area contributed by atoms with Gasteiger partial charge in [0.05, 0.1) is 0 Å². The summed E-state index contributed by atoms with van der Waals surface area (Å²) in [6, 6.07) is 15.2. The molecule has 0 aliphatic carbocycles. The van der Waals surface area contributed by atoms with Gasteiger partial charge in [-0.3, -0.25) is 4.79 Å². The van der Waals surface area contributed by atoms with Gasteiger partial charge in [0.1, 0.15) is 0 Å². The number of hydrogen-bond donors (Lipinski definition) is 1. The lowest BCUT2D eigenvalue weighted by atomic mass is 10.1. The highest BCUT2D eigenvalue weighted by atomic mass is 79.9. The van der Waals surface area contributed by atoms with E-state index in [1.165, 1.54) is 5.56 Å². The van der Waals surface area contributed by atoms with Gasteiger partial charge >= 0.3 is 0 Å². The molecule has 122 valence electrons. The highest BCUT2D eigenvalue weighted by molar-refractivity contribution is 9.10. The summed E-state index contributed by atoms with van der Waals surface area (Å²) in [5.41, 5.74) is 2.70. The molecule has 0 spiro atoms. The Balaban J connectivity index is 1.56. The minimum Gasteiger partial charge on any atom is -0.352 e. The zero-order valence-corrected chi connectivity index (χ0v) is 14.7. The quantitative estimate of drug-likeness (QED) is 0.725. The zero-order valence-electron chi connectivity index (χ0n) is 13.1. The van der Waals surface area contributed by atoms with Crippen molar-refractivity contribution < 1.29 is 9.32 Å². The van der Waals surface area contributed by atoms with Crippen LogP contribution in [-0.4, -0.2) is 22.6 Å². The topological polar surface area (TPSA) is 68.0 Å². The standard InChI is InChI=1S/C18H16BrN3O2/c1-12-5-7-13(8-6-12)17-21-16(24-22-17)9-10-20-18(23)14-3-2-4-15(19)11-14/h2-8,11H,9-10H2,1H3,(H,20,23). The van der Waals surface area contributed by atoms with E-state index in [-0.39, 0.29) is 5.91 Å². The lowest BCUT2D eigenvalue weighted by Crippen LogP contribution is -2.25. The summed E-state index contributed by atoms with van der Waals surface area (Å²) in [5.74, 6) is 0.929. The molecule has 0 aliphatic heterocycles. The molecule has 1 aromatic heterocycles. The Labute approximate surface area is 148 Å². The van der Waals surface area contributed by atoms with E-state index in [1.54, 1.807) is 12.1 Å². The van der Waals surface area contributed by atoms with Gasteiger partial charge in [0.15, 0.2) is 0 Å². The molecule has 1 N–H and O–H groups in total. The average molecular weight is 386 g/mol. The van der Waals surface area contributed by atoms with Crippen LogP contribution < -0.4 is 5.32 Å². The fraction of sp³-hybridized carbons (Fsp3) is 0.167. The van der Waals surface area contributed by atoms with Crippen LogP contribution in [0.1, 0.15) is 21.8 Å². The molecule has 0 fully saturated rings. The molecule has 5 nitrogen and oxygen atoms in total. The van der Waals surface area contributed by atoms with Crippen LogP contribution in [0.2, 0.25) is 0 Å². The SMILES string of the molecule is Cc1ccc(-c2noc(CCNC(=O)c3cccc(Br)c3)n2)cc1. The van der Waals surface area contributed by atoms with Crippen LogP contribution in [-0.2, 0) is 6.42 Å². The van der Waals surface area contributed by atoms with Crippen molar-refractivity contribution in [1.29, 1.82) is 0 Å². The van der Waals surface area contributed by atoms with Crippen LogP contribution in [0.25, 0.3) is 11.4 Å². The van der Waals surface area contributed by atoms with Crippen LogP contribution in [0.3, 0.4) is 0 Å². The Morgan fingerprint density at radius 1 is 1.21 bits per heavy atom. The molecule has 0 saturated heterocycles. The van der Waals surface area contributed by atoms with E-state index in [1.807, 2.05) is 43.3 Å². The van der Waals surface area contributed by atoms with E-state index in [9.17, 15) is 4.79 Å². The minimum atomic E-state index is -0.130. The third kappa shape index (κ3) is 4.08. The fourth-order valence-electron chi connectivity index (χ4n) is 2.19. The van der Waals surface area contributed by atoms with Gasteiger partial charge in [0.2, 0.25) is 11.7 Å². The summed E-state index contributed by atoms with van der Waals surface area (Å²) in [5, 5.41) is 6.82. The van der Waals surface area contributed by atoms with Gasteiger partial charge in [-0.1, -0.05) is 57.0 Å². The first kappa shape index (κ1) is 16.4. The van der Waals surface area contributed by atoms with Gasteiger partial charge in [0, 0.05) is 28.6 Å². The number of carbonyl (C=O) groups excluding carboxylic acids is 1. The molecule has 3 aromatic rings. The molecule has 0 saturated carbocycles. The maximum Gasteiger partial charge on any atom is 0.251 e. The lowest BCUT2D eigenvalue weighted by molar-refractivity contribution is 0.0953. The molecule has 0 bridgehead atoms. The molecule has 1 amide bonds. The number of halogens is 1. The third-order valence-electron chi connectivity index (χ3n) is 3.49. The maximum absolute atomic E-state index is 12.0. The van der Waals surface area contributed by atoms with Crippen molar-refractivity contribution in [3.05, 3.63) is 70.0 Å². The molecule has 0 atom stereocenters. The second-order valence-corrected chi connectivity index (χ2v) is 6.31. The first-order chi connectivity index (χ1) is 11.6. The zero-order chi connectivity index (χ0) is 16.9. The second kappa shape index (κ2) is 7.40. The number of benzene rings is 2.